The molecule has 0 bridgehead atoms. The van der Waals surface area contributed by atoms with Crippen molar-refractivity contribution in [3.63, 3.8) is 0 Å². The summed E-state index contributed by atoms with van der Waals surface area (Å²) in [5.41, 5.74) is 0.706. The second-order valence-electron chi connectivity index (χ2n) is 4.33. The predicted octanol–water partition coefficient (Wildman–Crippen LogP) is 3.52. The summed E-state index contributed by atoms with van der Waals surface area (Å²) in [5.74, 6) is -0.779. The number of halogens is 2. The van der Waals surface area contributed by atoms with Crippen molar-refractivity contribution < 1.29 is 12.8 Å². The Kier molecular flexibility index (Phi) is 4.42. The number of rotatable bonds is 4. The molecule has 0 unspecified atom stereocenters. The van der Waals surface area contributed by atoms with Gasteiger partial charge in [0.1, 0.15) is 10.7 Å². The van der Waals surface area contributed by atoms with Crippen LogP contribution in [0.4, 0.5) is 4.39 Å². The SMILES string of the molecule is C[C@@H](NS(=O)(=O)c1ccccc1F)c1cccc(Cl)c1. The van der Waals surface area contributed by atoms with Crippen molar-refractivity contribution in [1.82, 2.24) is 4.72 Å². The van der Waals surface area contributed by atoms with Gasteiger partial charge >= 0.3 is 0 Å². The molecule has 0 amide bonds. The summed E-state index contributed by atoms with van der Waals surface area (Å²) in [6.07, 6.45) is 0. The summed E-state index contributed by atoms with van der Waals surface area (Å²) >= 11 is 5.87. The van der Waals surface area contributed by atoms with Crippen LogP contribution >= 0.6 is 11.6 Å². The zero-order chi connectivity index (χ0) is 14.8. The lowest BCUT2D eigenvalue weighted by Crippen LogP contribution is -2.27. The van der Waals surface area contributed by atoms with Crippen molar-refractivity contribution in [2.45, 2.75) is 17.9 Å². The van der Waals surface area contributed by atoms with E-state index in [1.54, 1.807) is 31.2 Å². The molecular weight excluding hydrogens is 301 g/mol. The first-order valence-corrected chi connectivity index (χ1v) is 7.78. The van der Waals surface area contributed by atoms with Crippen molar-refractivity contribution in [2.75, 3.05) is 0 Å². The van der Waals surface area contributed by atoms with Gasteiger partial charge in [0.15, 0.2) is 0 Å². The van der Waals surface area contributed by atoms with E-state index < -0.39 is 21.9 Å². The number of benzene rings is 2. The average molecular weight is 314 g/mol. The molecule has 0 saturated heterocycles. The van der Waals surface area contributed by atoms with Gasteiger partial charge in [0.2, 0.25) is 10.0 Å². The molecule has 0 spiro atoms. The number of nitrogens with one attached hydrogen (secondary N) is 1. The number of hydrogen-bond acceptors (Lipinski definition) is 2. The largest absolute Gasteiger partial charge is 0.244 e. The molecule has 0 aliphatic carbocycles. The van der Waals surface area contributed by atoms with Gasteiger partial charge in [-0.1, -0.05) is 35.9 Å². The van der Waals surface area contributed by atoms with Gasteiger partial charge in [-0.05, 0) is 36.8 Å². The van der Waals surface area contributed by atoms with Gasteiger partial charge in [-0.15, -0.1) is 0 Å². The average Bonchev–Trinajstić information content (AvgIpc) is 2.38. The highest BCUT2D eigenvalue weighted by atomic mass is 35.5. The van der Waals surface area contributed by atoms with Crippen LogP contribution in [-0.4, -0.2) is 8.42 Å². The van der Waals surface area contributed by atoms with E-state index >= 15 is 0 Å². The van der Waals surface area contributed by atoms with Gasteiger partial charge in [0, 0.05) is 11.1 Å². The molecule has 20 heavy (non-hydrogen) atoms. The normalized spacial score (nSPS) is 13.2. The Bertz CT molecular complexity index is 719. The van der Waals surface area contributed by atoms with Gasteiger partial charge in [-0.25, -0.2) is 17.5 Å². The molecule has 0 aliphatic heterocycles. The molecule has 106 valence electrons. The highest BCUT2D eigenvalue weighted by Crippen LogP contribution is 2.21. The topological polar surface area (TPSA) is 46.2 Å². The molecule has 3 nitrogen and oxygen atoms in total. The predicted molar refractivity (Wildman–Crippen MR) is 76.6 cm³/mol. The van der Waals surface area contributed by atoms with Crippen LogP contribution < -0.4 is 4.72 Å². The maximum Gasteiger partial charge on any atom is 0.244 e. The first-order valence-electron chi connectivity index (χ1n) is 5.92. The first kappa shape index (κ1) is 15.0. The van der Waals surface area contributed by atoms with E-state index in [0.29, 0.717) is 10.6 Å². The second kappa shape index (κ2) is 5.91. The minimum Gasteiger partial charge on any atom is -0.207 e. The maximum atomic E-state index is 13.6. The van der Waals surface area contributed by atoms with Crippen LogP contribution in [0.3, 0.4) is 0 Å². The number of sulfonamides is 1. The monoisotopic (exact) mass is 313 g/mol. The smallest absolute Gasteiger partial charge is 0.207 e. The van der Waals surface area contributed by atoms with E-state index in [1.807, 2.05) is 0 Å². The van der Waals surface area contributed by atoms with Crippen molar-refractivity contribution in [2.24, 2.45) is 0 Å². The Labute approximate surface area is 122 Å². The molecule has 2 rings (SSSR count). The standard InChI is InChI=1S/C14H13ClFNO2S/c1-10(11-5-4-6-12(15)9-11)17-20(18,19)14-8-3-2-7-13(14)16/h2-10,17H,1H3/t10-/m1/s1. The summed E-state index contributed by atoms with van der Waals surface area (Å²) in [5, 5.41) is 0.513. The molecule has 2 aromatic rings. The van der Waals surface area contributed by atoms with E-state index in [0.717, 1.165) is 6.07 Å². The number of hydrogen-bond donors (Lipinski definition) is 1. The molecule has 0 heterocycles. The molecule has 0 aromatic heterocycles. The third-order valence-electron chi connectivity index (χ3n) is 2.81. The van der Waals surface area contributed by atoms with Gasteiger partial charge in [0.05, 0.1) is 0 Å². The molecule has 1 atom stereocenters. The van der Waals surface area contributed by atoms with Crippen LogP contribution in [-0.2, 0) is 10.0 Å². The fraction of sp³-hybridized carbons (Fsp3) is 0.143. The summed E-state index contributed by atoms with van der Waals surface area (Å²) in [7, 11) is -3.92. The van der Waals surface area contributed by atoms with Crippen molar-refractivity contribution >= 4 is 21.6 Å². The molecule has 6 heteroatoms. The fourth-order valence-corrected chi connectivity index (χ4v) is 3.31. The van der Waals surface area contributed by atoms with E-state index in [9.17, 15) is 12.8 Å². The Morgan fingerprint density at radius 3 is 2.50 bits per heavy atom. The molecule has 0 radical (unpaired) electrons. The van der Waals surface area contributed by atoms with Gasteiger partial charge in [-0.2, -0.15) is 0 Å². The summed E-state index contributed by atoms with van der Waals surface area (Å²) in [4.78, 5) is -0.367. The van der Waals surface area contributed by atoms with Crippen LogP contribution in [0.5, 0.6) is 0 Å². The fourth-order valence-electron chi connectivity index (χ4n) is 1.80. The van der Waals surface area contributed by atoms with Crippen molar-refractivity contribution in [3.05, 3.63) is 64.9 Å². The lowest BCUT2D eigenvalue weighted by atomic mass is 10.1. The molecule has 2 aromatic carbocycles. The minimum atomic E-state index is -3.92. The molecule has 0 fully saturated rings. The van der Waals surface area contributed by atoms with E-state index in [1.165, 1.54) is 18.2 Å². The van der Waals surface area contributed by atoms with Crippen LogP contribution in [0, 0.1) is 5.82 Å². The van der Waals surface area contributed by atoms with Gasteiger partial charge in [-0.3, -0.25) is 0 Å². The Morgan fingerprint density at radius 1 is 1.15 bits per heavy atom. The third-order valence-corrected chi connectivity index (χ3v) is 4.62. The lowest BCUT2D eigenvalue weighted by molar-refractivity contribution is 0.547. The zero-order valence-electron chi connectivity index (χ0n) is 10.7. The first-order chi connectivity index (χ1) is 9.40. The molecule has 1 N–H and O–H groups in total. The summed E-state index contributed by atoms with van der Waals surface area (Å²) in [6.45, 7) is 1.67. The van der Waals surface area contributed by atoms with Crippen molar-refractivity contribution in [3.8, 4) is 0 Å². The molecular formula is C14H13ClFNO2S. The van der Waals surface area contributed by atoms with Crippen LogP contribution in [0.25, 0.3) is 0 Å². The second-order valence-corrected chi connectivity index (χ2v) is 6.45. The maximum absolute atomic E-state index is 13.6. The summed E-state index contributed by atoms with van der Waals surface area (Å²) < 4.78 is 40.3. The van der Waals surface area contributed by atoms with E-state index in [4.69, 9.17) is 11.6 Å². The van der Waals surface area contributed by atoms with E-state index in [2.05, 4.69) is 4.72 Å². The van der Waals surface area contributed by atoms with Gasteiger partial charge in [0.25, 0.3) is 0 Å². The summed E-state index contributed by atoms with van der Waals surface area (Å²) in [6, 6.07) is 11.6. The minimum absolute atomic E-state index is 0.367. The van der Waals surface area contributed by atoms with Crippen LogP contribution in [0.1, 0.15) is 18.5 Å². The van der Waals surface area contributed by atoms with Crippen LogP contribution in [0.15, 0.2) is 53.4 Å². The Morgan fingerprint density at radius 2 is 1.85 bits per heavy atom. The highest BCUT2D eigenvalue weighted by molar-refractivity contribution is 7.89. The molecule has 0 aliphatic rings. The third kappa shape index (κ3) is 3.36. The van der Waals surface area contributed by atoms with Crippen LogP contribution in [0.2, 0.25) is 5.02 Å². The lowest BCUT2D eigenvalue weighted by Gasteiger charge is -2.15. The molecule has 0 saturated carbocycles. The Balaban J connectivity index is 2.27. The highest BCUT2D eigenvalue weighted by Gasteiger charge is 2.21. The Hall–Kier alpha value is -1.43. The zero-order valence-corrected chi connectivity index (χ0v) is 12.2. The van der Waals surface area contributed by atoms with Gasteiger partial charge < -0.3 is 0 Å². The van der Waals surface area contributed by atoms with Crippen molar-refractivity contribution in [1.29, 1.82) is 0 Å². The van der Waals surface area contributed by atoms with E-state index in [-0.39, 0.29) is 4.90 Å². The quantitative estimate of drug-likeness (QED) is 0.938.